The fourth-order valence-electron chi connectivity index (χ4n) is 2.99. The maximum absolute atomic E-state index is 9.31. The number of nitrogens with one attached hydrogen (secondary N) is 1. The molecular weight excluding hydrogens is 260 g/mol. The lowest BCUT2D eigenvalue weighted by atomic mass is 9.90. The van der Waals surface area contributed by atoms with E-state index in [4.69, 9.17) is 0 Å². The van der Waals surface area contributed by atoms with Gasteiger partial charge < -0.3 is 0 Å². The molecule has 0 saturated heterocycles. The van der Waals surface area contributed by atoms with Crippen molar-refractivity contribution in [2.45, 2.75) is 12.1 Å². The van der Waals surface area contributed by atoms with Crippen molar-refractivity contribution in [1.82, 2.24) is 5.43 Å². The lowest BCUT2D eigenvalue weighted by Gasteiger charge is -2.16. The van der Waals surface area contributed by atoms with Gasteiger partial charge in [-0.25, -0.2) is 0 Å². The highest BCUT2D eigenvalue weighted by molar-refractivity contribution is 6.02. The molecule has 0 aliphatic carbocycles. The predicted octanol–water partition coefficient (Wildman–Crippen LogP) is 3.90. The second kappa shape index (κ2) is 4.57. The zero-order chi connectivity index (χ0) is 14.2. The third-order valence-corrected chi connectivity index (χ3v) is 3.94. The smallest absolute Gasteiger partial charge is 0.160 e. The Hall–Kier alpha value is -2.93. The number of nitrogens with zero attached hydrogens (tertiary/aromatic N) is 3. The molecule has 1 aliphatic rings. The standard InChI is InChI=1S/C17H12N4/c18-10-15-17(20-21-19-15)16-13-7-3-1-5-11(13)9-12-6-2-4-8-14(12)16/h1-9,15,17H,(H,19,20)/t15-,17-/m0/s1. The van der Waals surface area contributed by atoms with Crippen LogP contribution in [0.4, 0.5) is 0 Å². The van der Waals surface area contributed by atoms with E-state index in [9.17, 15) is 5.26 Å². The van der Waals surface area contributed by atoms with Gasteiger partial charge in [0.2, 0.25) is 0 Å². The molecule has 0 amide bonds. The highest BCUT2D eigenvalue weighted by Gasteiger charge is 2.30. The highest BCUT2D eigenvalue weighted by Crippen LogP contribution is 2.37. The normalized spacial score (nSPS) is 20.5. The zero-order valence-electron chi connectivity index (χ0n) is 11.2. The van der Waals surface area contributed by atoms with Crippen molar-refractivity contribution in [3.8, 4) is 6.07 Å². The van der Waals surface area contributed by atoms with Crippen LogP contribution in [0, 0.1) is 11.3 Å². The van der Waals surface area contributed by atoms with Crippen LogP contribution in [0.1, 0.15) is 11.6 Å². The number of hydrogen-bond acceptors (Lipinski definition) is 4. The molecule has 0 unspecified atom stereocenters. The molecule has 4 rings (SSSR count). The van der Waals surface area contributed by atoms with Gasteiger partial charge in [0.25, 0.3) is 0 Å². The van der Waals surface area contributed by atoms with Crippen molar-refractivity contribution in [2.75, 3.05) is 0 Å². The number of fused-ring (bicyclic) bond motifs is 2. The van der Waals surface area contributed by atoms with Gasteiger partial charge >= 0.3 is 0 Å². The summed E-state index contributed by atoms with van der Waals surface area (Å²) in [6.45, 7) is 0. The molecule has 100 valence electrons. The fraction of sp³-hybridized carbons (Fsp3) is 0.118. The fourth-order valence-corrected chi connectivity index (χ4v) is 2.99. The lowest BCUT2D eigenvalue weighted by molar-refractivity contribution is 0.636. The van der Waals surface area contributed by atoms with E-state index in [0.717, 1.165) is 27.1 Å². The third-order valence-electron chi connectivity index (χ3n) is 3.94. The van der Waals surface area contributed by atoms with Gasteiger partial charge in [-0.1, -0.05) is 53.8 Å². The second-order valence-electron chi connectivity index (χ2n) is 5.13. The first-order valence-electron chi connectivity index (χ1n) is 6.84. The van der Waals surface area contributed by atoms with Crippen LogP contribution < -0.4 is 5.43 Å². The zero-order valence-corrected chi connectivity index (χ0v) is 11.2. The molecule has 3 aromatic rings. The minimum atomic E-state index is -0.417. The first-order valence-corrected chi connectivity index (χ1v) is 6.84. The molecule has 0 bridgehead atoms. The van der Waals surface area contributed by atoms with Gasteiger partial charge in [-0.3, -0.25) is 5.43 Å². The van der Waals surface area contributed by atoms with Crippen LogP contribution in [0.15, 0.2) is 64.9 Å². The summed E-state index contributed by atoms with van der Waals surface area (Å²) in [5.41, 5.74) is 3.85. The van der Waals surface area contributed by atoms with E-state index in [-0.39, 0.29) is 6.04 Å². The molecule has 2 atom stereocenters. The van der Waals surface area contributed by atoms with Crippen LogP contribution in [0.2, 0.25) is 0 Å². The molecule has 3 aromatic carbocycles. The third kappa shape index (κ3) is 1.75. The Labute approximate surface area is 121 Å². The minimum Gasteiger partial charge on any atom is -0.272 e. The Balaban J connectivity index is 2.12. The van der Waals surface area contributed by atoms with E-state index in [1.807, 2.05) is 24.3 Å². The van der Waals surface area contributed by atoms with Crippen molar-refractivity contribution >= 4 is 21.5 Å². The average Bonchev–Trinajstić information content (AvgIpc) is 3.00. The molecule has 0 aromatic heterocycles. The molecule has 0 spiro atoms. The molecule has 0 radical (unpaired) electrons. The number of nitriles is 1. The van der Waals surface area contributed by atoms with Crippen LogP contribution in [0.25, 0.3) is 21.5 Å². The van der Waals surface area contributed by atoms with Crippen LogP contribution in [-0.2, 0) is 0 Å². The highest BCUT2D eigenvalue weighted by atomic mass is 15.5. The van der Waals surface area contributed by atoms with Gasteiger partial charge in [0.15, 0.2) is 6.04 Å². The Bertz CT molecular complexity index is 853. The van der Waals surface area contributed by atoms with E-state index < -0.39 is 6.04 Å². The number of rotatable bonds is 1. The topological polar surface area (TPSA) is 60.5 Å². The van der Waals surface area contributed by atoms with Crippen LogP contribution in [-0.4, -0.2) is 6.04 Å². The van der Waals surface area contributed by atoms with Crippen LogP contribution in [0.3, 0.4) is 0 Å². The Morgan fingerprint density at radius 1 is 0.952 bits per heavy atom. The van der Waals surface area contributed by atoms with Gasteiger partial charge in [-0.15, -0.1) is 0 Å². The lowest BCUT2D eigenvalue weighted by Crippen LogP contribution is -2.23. The summed E-state index contributed by atoms with van der Waals surface area (Å²) in [6, 6.07) is 20.2. The molecule has 1 aliphatic heterocycles. The molecule has 1 heterocycles. The first kappa shape index (κ1) is 11.9. The van der Waals surface area contributed by atoms with Gasteiger partial charge in [-0.2, -0.15) is 10.4 Å². The van der Waals surface area contributed by atoms with E-state index in [0.29, 0.717) is 0 Å². The summed E-state index contributed by atoms with van der Waals surface area (Å²) in [7, 11) is 0. The monoisotopic (exact) mass is 272 g/mol. The first-order chi connectivity index (χ1) is 10.4. The Kier molecular flexibility index (Phi) is 2.58. The number of benzene rings is 3. The summed E-state index contributed by atoms with van der Waals surface area (Å²) in [5.74, 6) is 0. The Morgan fingerprint density at radius 2 is 1.57 bits per heavy atom. The van der Waals surface area contributed by atoms with E-state index in [2.05, 4.69) is 52.2 Å². The van der Waals surface area contributed by atoms with Crippen molar-refractivity contribution in [1.29, 1.82) is 5.26 Å². The summed E-state index contributed by atoms with van der Waals surface area (Å²) >= 11 is 0. The quantitative estimate of drug-likeness (QED) is 0.683. The molecule has 0 fully saturated rings. The molecule has 4 nitrogen and oxygen atoms in total. The summed E-state index contributed by atoms with van der Waals surface area (Å²) in [6.07, 6.45) is 0. The molecular formula is C17H12N4. The van der Waals surface area contributed by atoms with E-state index >= 15 is 0 Å². The van der Waals surface area contributed by atoms with Crippen molar-refractivity contribution in [3.05, 3.63) is 60.2 Å². The Morgan fingerprint density at radius 3 is 2.19 bits per heavy atom. The average molecular weight is 272 g/mol. The van der Waals surface area contributed by atoms with Crippen molar-refractivity contribution in [2.24, 2.45) is 10.3 Å². The maximum Gasteiger partial charge on any atom is 0.160 e. The van der Waals surface area contributed by atoms with Gasteiger partial charge in [0.1, 0.15) is 6.04 Å². The predicted molar refractivity (Wildman–Crippen MR) is 81.6 cm³/mol. The summed E-state index contributed by atoms with van der Waals surface area (Å²) in [4.78, 5) is 0. The van der Waals surface area contributed by atoms with Crippen molar-refractivity contribution < 1.29 is 0 Å². The van der Waals surface area contributed by atoms with Crippen LogP contribution in [0.5, 0.6) is 0 Å². The minimum absolute atomic E-state index is 0.272. The summed E-state index contributed by atoms with van der Waals surface area (Å²) in [5, 5.41) is 22.0. The van der Waals surface area contributed by atoms with Gasteiger partial charge in [-0.05, 0) is 33.2 Å². The largest absolute Gasteiger partial charge is 0.272 e. The molecule has 0 saturated carbocycles. The molecule has 21 heavy (non-hydrogen) atoms. The molecule has 1 N–H and O–H groups in total. The van der Waals surface area contributed by atoms with Gasteiger partial charge in [0, 0.05) is 0 Å². The summed E-state index contributed by atoms with van der Waals surface area (Å²) < 4.78 is 0. The van der Waals surface area contributed by atoms with E-state index in [1.54, 1.807) is 0 Å². The number of hydrogen-bond donors (Lipinski definition) is 1. The van der Waals surface area contributed by atoms with Gasteiger partial charge in [0.05, 0.1) is 6.07 Å². The van der Waals surface area contributed by atoms with Crippen molar-refractivity contribution in [3.63, 3.8) is 0 Å². The SMILES string of the molecule is N#C[C@@H]1NN=N[C@@H]1c1c2ccccc2cc2ccccc12. The molecule has 4 heteroatoms. The maximum atomic E-state index is 9.31. The van der Waals surface area contributed by atoms with Crippen LogP contribution >= 0.6 is 0 Å². The second-order valence-corrected chi connectivity index (χ2v) is 5.13. The van der Waals surface area contributed by atoms with E-state index in [1.165, 1.54) is 0 Å².